The summed E-state index contributed by atoms with van der Waals surface area (Å²) in [7, 11) is 0. The Kier molecular flexibility index (Phi) is 6.61. The van der Waals surface area contributed by atoms with Gasteiger partial charge in [-0.3, -0.25) is 24.6 Å². The fraction of sp³-hybridized carbons (Fsp3) is 0.448. The number of benzene rings is 2. The van der Waals surface area contributed by atoms with Crippen LogP contribution in [0.4, 0.5) is 10.5 Å². The van der Waals surface area contributed by atoms with E-state index in [0.717, 1.165) is 56.6 Å². The summed E-state index contributed by atoms with van der Waals surface area (Å²) in [5, 5.41) is 8.25. The largest absolute Gasteiger partial charge is 0.335 e. The number of piperidine rings is 2. The smallest absolute Gasteiger partial charge is 0.319 e. The van der Waals surface area contributed by atoms with Crippen molar-refractivity contribution in [3.63, 3.8) is 0 Å². The third-order valence-corrected chi connectivity index (χ3v) is 8.11. The molecular weight excluding hydrogens is 482 g/mol. The lowest BCUT2D eigenvalue weighted by Crippen LogP contribution is -2.52. The van der Waals surface area contributed by atoms with Crippen LogP contribution in [-0.4, -0.2) is 58.7 Å². The third-order valence-electron chi connectivity index (χ3n) is 8.11. The van der Waals surface area contributed by atoms with Crippen molar-refractivity contribution >= 4 is 29.4 Å². The van der Waals surface area contributed by atoms with Gasteiger partial charge in [-0.1, -0.05) is 24.3 Å². The summed E-state index contributed by atoms with van der Waals surface area (Å²) in [6.45, 7) is 3.20. The van der Waals surface area contributed by atoms with Gasteiger partial charge in [-0.2, -0.15) is 0 Å². The minimum atomic E-state index is -0.583. The highest BCUT2D eigenvalue weighted by atomic mass is 16.2. The van der Waals surface area contributed by atoms with Crippen molar-refractivity contribution in [3.05, 3.63) is 64.7 Å². The molecule has 1 aliphatic carbocycles. The van der Waals surface area contributed by atoms with E-state index in [2.05, 4.69) is 39.0 Å². The summed E-state index contributed by atoms with van der Waals surface area (Å²) >= 11 is 0. The standard InChI is InChI=1S/C29H33N5O4/c35-26-9-8-25(27(36)32-26)34-17-21-15-20(4-7-24(21)28(34)37)19-10-12-33(13-11-19)16-18-2-1-3-23(14-18)31-29(38)30-22-5-6-22/h1-4,7,14-15,19,22,25H,5-6,8-13,16-17H2,(H2,30,31,38)(H,32,35,36). The lowest BCUT2D eigenvalue weighted by atomic mass is 9.87. The van der Waals surface area contributed by atoms with Gasteiger partial charge in [-0.15, -0.1) is 0 Å². The molecule has 2 aromatic carbocycles. The average molecular weight is 516 g/mol. The lowest BCUT2D eigenvalue weighted by Gasteiger charge is -2.32. The van der Waals surface area contributed by atoms with Crippen molar-refractivity contribution in [1.82, 2.24) is 20.4 Å². The fourth-order valence-corrected chi connectivity index (χ4v) is 5.86. The van der Waals surface area contributed by atoms with Gasteiger partial charge in [0, 0.05) is 36.8 Å². The molecule has 2 saturated heterocycles. The highest BCUT2D eigenvalue weighted by Gasteiger charge is 2.39. The molecule has 1 unspecified atom stereocenters. The molecule has 0 radical (unpaired) electrons. The molecule has 4 aliphatic rings. The van der Waals surface area contributed by atoms with Gasteiger partial charge in [0.1, 0.15) is 6.04 Å². The molecule has 0 spiro atoms. The van der Waals surface area contributed by atoms with Crippen LogP contribution in [-0.2, 0) is 22.7 Å². The predicted octanol–water partition coefficient (Wildman–Crippen LogP) is 3.11. The lowest BCUT2D eigenvalue weighted by molar-refractivity contribution is -0.136. The molecule has 38 heavy (non-hydrogen) atoms. The maximum absolute atomic E-state index is 13.0. The first-order valence-corrected chi connectivity index (χ1v) is 13.6. The highest BCUT2D eigenvalue weighted by Crippen LogP contribution is 2.34. The quantitative estimate of drug-likeness (QED) is 0.512. The van der Waals surface area contributed by atoms with E-state index in [4.69, 9.17) is 0 Å². The molecule has 0 aromatic heterocycles. The van der Waals surface area contributed by atoms with Gasteiger partial charge in [-0.25, -0.2) is 4.79 Å². The first-order valence-electron chi connectivity index (χ1n) is 13.6. The van der Waals surface area contributed by atoms with Crippen molar-refractivity contribution in [1.29, 1.82) is 0 Å². The second-order valence-corrected chi connectivity index (χ2v) is 10.9. The molecule has 9 nitrogen and oxygen atoms in total. The van der Waals surface area contributed by atoms with Crippen molar-refractivity contribution in [3.8, 4) is 0 Å². The summed E-state index contributed by atoms with van der Waals surface area (Å²) < 4.78 is 0. The van der Waals surface area contributed by atoms with Gasteiger partial charge < -0.3 is 15.5 Å². The van der Waals surface area contributed by atoms with Crippen LogP contribution < -0.4 is 16.0 Å². The molecule has 9 heteroatoms. The summed E-state index contributed by atoms with van der Waals surface area (Å²) in [6, 6.07) is 13.8. The Balaban J connectivity index is 1.04. The molecule has 1 atom stereocenters. The number of carbonyl (C=O) groups excluding carboxylic acids is 4. The number of nitrogens with one attached hydrogen (secondary N) is 3. The molecule has 6 rings (SSSR count). The summed E-state index contributed by atoms with van der Waals surface area (Å²) in [5.74, 6) is -0.351. The minimum Gasteiger partial charge on any atom is -0.335 e. The van der Waals surface area contributed by atoms with E-state index < -0.39 is 6.04 Å². The number of urea groups is 1. The van der Waals surface area contributed by atoms with E-state index in [1.807, 2.05) is 24.3 Å². The third kappa shape index (κ3) is 5.29. The second-order valence-electron chi connectivity index (χ2n) is 10.9. The highest BCUT2D eigenvalue weighted by molar-refractivity contribution is 6.05. The molecule has 3 heterocycles. The van der Waals surface area contributed by atoms with E-state index in [-0.39, 0.29) is 30.2 Å². The van der Waals surface area contributed by atoms with E-state index in [1.54, 1.807) is 4.90 Å². The zero-order valence-corrected chi connectivity index (χ0v) is 21.4. The van der Waals surface area contributed by atoms with Gasteiger partial charge in [0.25, 0.3) is 5.91 Å². The topological polar surface area (TPSA) is 111 Å². The Labute approximate surface area is 221 Å². The summed E-state index contributed by atoms with van der Waals surface area (Å²) in [6.07, 6.45) is 4.83. The van der Waals surface area contributed by atoms with Crippen molar-refractivity contribution in [2.24, 2.45) is 0 Å². The van der Waals surface area contributed by atoms with E-state index in [0.29, 0.717) is 30.5 Å². The normalized spacial score (nSPS) is 22.3. The average Bonchev–Trinajstić information content (AvgIpc) is 3.65. The molecule has 3 fully saturated rings. The monoisotopic (exact) mass is 515 g/mol. The minimum absolute atomic E-state index is 0.127. The molecule has 0 bridgehead atoms. The molecule has 2 aromatic rings. The van der Waals surface area contributed by atoms with Gasteiger partial charge >= 0.3 is 6.03 Å². The Morgan fingerprint density at radius 1 is 0.974 bits per heavy atom. The van der Waals surface area contributed by atoms with Crippen molar-refractivity contribution in [2.45, 2.75) is 69.6 Å². The van der Waals surface area contributed by atoms with Crippen LogP contribution in [0.3, 0.4) is 0 Å². The predicted molar refractivity (Wildman–Crippen MR) is 141 cm³/mol. The second kappa shape index (κ2) is 10.2. The van der Waals surface area contributed by atoms with E-state index in [1.165, 1.54) is 11.1 Å². The Bertz CT molecular complexity index is 1280. The number of anilines is 1. The molecule has 198 valence electrons. The summed E-state index contributed by atoms with van der Waals surface area (Å²) in [4.78, 5) is 52.9. The number of carbonyl (C=O) groups is 4. The number of rotatable bonds is 6. The number of imide groups is 1. The van der Waals surface area contributed by atoms with Crippen LogP contribution in [0.2, 0.25) is 0 Å². The molecular formula is C29H33N5O4. The Morgan fingerprint density at radius 3 is 2.55 bits per heavy atom. The zero-order chi connectivity index (χ0) is 26.2. The number of hydrogen-bond acceptors (Lipinski definition) is 5. The van der Waals surface area contributed by atoms with E-state index >= 15 is 0 Å². The zero-order valence-electron chi connectivity index (χ0n) is 21.4. The van der Waals surface area contributed by atoms with Crippen LogP contribution in [0, 0.1) is 0 Å². The molecule has 3 N–H and O–H groups in total. The molecule has 3 aliphatic heterocycles. The van der Waals surface area contributed by atoms with Crippen LogP contribution in [0.5, 0.6) is 0 Å². The van der Waals surface area contributed by atoms with Gasteiger partial charge in [0.2, 0.25) is 11.8 Å². The number of likely N-dealkylation sites (tertiary alicyclic amines) is 1. The number of amides is 5. The Morgan fingerprint density at radius 2 is 1.79 bits per heavy atom. The van der Waals surface area contributed by atoms with Crippen LogP contribution in [0.15, 0.2) is 42.5 Å². The van der Waals surface area contributed by atoms with Crippen LogP contribution in [0.25, 0.3) is 0 Å². The number of fused-ring (bicyclic) bond motifs is 1. The van der Waals surface area contributed by atoms with E-state index in [9.17, 15) is 19.2 Å². The van der Waals surface area contributed by atoms with Gasteiger partial charge in [-0.05, 0) is 86.0 Å². The van der Waals surface area contributed by atoms with Crippen LogP contribution in [0.1, 0.15) is 71.5 Å². The van der Waals surface area contributed by atoms with Gasteiger partial charge in [0.05, 0.1) is 0 Å². The molecule has 5 amide bonds. The fourth-order valence-electron chi connectivity index (χ4n) is 5.86. The number of nitrogens with zero attached hydrogens (tertiary/aromatic N) is 2. The first-order chi connectivity index (χ1) is 18.4. The first kappa shape index (κ1) is 24.6. The van der Waals surface area contributed by atoms with Gasteiger partial charge in [0.15, 0.2) is 0 Å². The molecule has 1 saturated carbocycles. The maximum Gasteiger partial charge on any atom is 0.319 e. The van der Waals surface area contributed by atoms with Crippen LogP contribution >= 0.6 is 0 Å². The van der Waals surface area contributed by atoms with Crippen molar-refractivity contribution < 1.29 is 19.2 Å². The maximum atomic E-state index is 13.0. The SMILES string of the molecule is O=C1CCC(N2Cc3cc(C4CCN(Cc5cccc(NC(=O)NC6CC6)c5)CC4)ccc3C2=O)C(=O)N1. The number of hydrogen-bond donors (Lipinski definition) is 3. The summed E-state index contributed by atoms with van der Waals surface area (Å²) in [5.41, 5.74) is 4.87. The van der Waals surface area contributed by atoms with Crippen molar-refractivity contribution in [2.75, 3.05) is 18.4 Å². The Hall–Kier alpha value is -3.72.